The van der Waals surface area contributed by atoms with Crippen LogP contribution < -0.4 is 5.32 Å². The molecular weight excluding hydrogens is 292 g/mol. The number of likely N-dealkylation sites (N-methyl/N-ethyl adjacent to an activating group) is 2. The van der Waals surface area contributed by atoms with Gasteiger partial charge in [-0.15, -0.1) is 0 Å². The molecule has 0 spiro atoms. The van der Waals surface area contributed by atoms with Crippen LogP contribution in [0, 0.1) is 0 Å². The number of para-hydroxylation sites is 1. The summed E-state index contributed by atoms with van der Waals surface area (Å²) in [4.78, 5) is 27.0. The molecular formula is C17H24N4O2. The molecule has 0 aliphatic heterocycles. The van der Waals surface area contributed by atoms with Crippen LogP contribution in [0.1, 0.15) is 6.92 Å². The van der Waals surface area contributed by atoms with Gasteiger partial charge in [-0.3, -0.25) is 4.79 Å². The number of nitrogens with zero attached hydrogens (tertiary/aromatic N) is 3. The van der Waals surface area contributed by atoms with E-state index in [-0.39, 0.29) is 11.9 Å². The average molecular weight is 316 g/mol. The van der Waals surface area contributed by atoms with Crippen molar-refractivity contribution in [3.8, 4) is 0 Å². The van der Waals surface area contributed by atoms with Gasteiger partial charge < -0.3 is 19.7 Å². The highest BCUT2D eigenvalue weighted by atomic mass is 16.2. The molecule has 1 heterocycles. The van der Waals surface area contributed by atoms with Crippen LogP contribution in [0.25, 0.3) is 10.9 Å². The highest BCUT2D eigenvalue weighted by Gasteiger charge is 2.19. The zero-order valence-electron chi connectivity index (χ0n) is 14.1. The molecule has 124 valence electrons. The van der Waals surface area contributed by atoms with Crippen molar-refractivity contribution in [1.82, 2.24) is 19.7 Å². The van der Waals surface area contributed by atoms with Crippen LogP contribution in [0.4, 0.5) is 4.79 Å². The van der Waals surface area contributed by atoms with Gasteiger partial charge in [0.25, 0.3) is 0 Å². The number of urea groups is 1. The van der Waals surface area contributed by atoms with E-state index in [0.717, 1.165) is 5.52 Å². The number of carbonyl (C=O) groups is 2. The molecule has 0 aliphatic rings. The first-order chi connectivity index (χ1) is 10.9. The van der Waals surface area contributed by atoms with Crippen molar-refractivity contribution in [2.45, 2.75) is 19.5 Å². The smallest absolute Gasteiger partial charge is 0.317 e. The molecule has 23 heavy (non-hydrogen) atoms. The fourth-order valence-corrected chi connectivity index (χ4v) is 2.44. The second kappa shape index (κ2) is 7.17. The second-order valence-corrected chi connectivity index (χ2v) is 5.89. The maximum Gasteiger partial charge on any atom is 0.317 e. The van der Waals surface area contributed by atoms with E-state index in [4.69, 9.17) is 0 Å². The van der Waals surface area contributed by atoms with Crippen molar-refractivity contribution in [2.75, 3.05) is 27.7 Å². The van der Waals surface area contributed by atoms with Gasteiger partial charge in [0, 0.05) is 45.9 Å². The lowest BCUT2D eigenvalue weighted by molar-refractivity contribution is -0.130. The summed E-state index contributed by atoms with van der Waals surface area (Å²) >= 11 is 0. The van der Waals surface area contributed by atoms with Crippen LogP contribution in [-0.2, 0) is 11.3 Å². The summed E-state index contributed by atoms with van der Waals surface area (Å²) in [5, 5.41) is 3.90. The van der Waals surface area contributed by atoms with E-state index in [1.54, 1.807) is 33.0 Å². The topological polar surface area (TPSA) is 57.6 Å². The van der Waals surface area contributed by atoms with E-state index in [0.29, 0.717) is 13.1 Å². The van der Waals surface area contributed by atoms with E-state index in [9.17, 15) is 9.59 Å². The minimum atomic E-state index is -0.535. The number of carbonyl (C=O) groups excluding carboxylic acids is 2. The maximum absolute atomic E-state index is 12.1. The number of fused-ring (bicyclic) bond motifs is 1. The van der Waals surface area contributed by atoms with Gasteiger partial charge in [0.1, 0.15) is 6.04 Å². The summed E-state index contributed by atoms with van der Waals surface area (Å²) in [5.74, 6) is -0.122. The summed E-state index contributed by atoms with van der Waals surface area (Å²) in [5.41, 5.74) is 1.15. The zero-order chi connectivity index (χ0) is 17.0. The van der Waals surface area contributed by atoms with E-state index < -0.39 is 6.04 Å². The van der Waals surface area contributed by atoms with Gasteiger partial charge in [-0.2, -0.15) is 0 Å². The van der Waals surface area contributed by atoms with Crippen LogP contribution in [-0.4, -0.2) is 60.0 Å². The lowest BCUT2D eigenvalue weighted by Crippen LogP contribution is -2.49. The number of hydrogen-bond acceptors (Lipinski definition) is 2. The first-order valence-corrected chi connectivity index (χ1v) is 7.67. The molecule has 0 aliphatic carbocycles. The summed E-state index contributed by atoms with van der Waals surface area (Å²) in [6, 6.07) is 9.42. The Balaban J connectivity index is 1.90. The quantitative estimate of drug-likeness (QED) is 0.914. The highest BCUT2D eigenvalue weighted by molar-refractivity contribution is 5.86. The van der Waals surface area contributed by atoms with Crippen molar-refractivity contribution in [3.05, 3.63) is 36.5 Å². The van der Waals surface area contributed by atoms with Crippen LogP contribution in [0.15, 0.2) is 36.5 Å². The van der Waals surface area contributed by atoms with Crippen LogP contribution in [0.3, 0.4) is 0 Å². The Morgan fingerprint density at radius 1 is 1.17 bits per heavy atom. The lowest BCUT2D eigenvalue weighted by Gasteiger charge is -2.23. The van der Waals surface area contributed by atoms with Crippen LogP contribution in [0.5, 0.6) is 0 Å². The van der Waals surface area contributed by atoms with Crippen molar-refractivity contribution in [2.24, 2.45) is 0 Å². The van der Waals surface area contributed by atoms with Gasteiger partial charge in [0.05, 0.1) is 0 Å². The van der Waals surface area contributed by atoms with Crippen molar-refractivity contribution < 1.29 is 9.59 Å². The molecule has 0 bridgehead atoms. The summed E-state index contributed by atoms with van der Waals surface area (Å²) in [6.07, 6.45) is 2.02. The van der Waals surface area contributed by atoms with Gasteiger partial charge in [-0.25, -0.2) is 4.79 Å². The third kappa shape index (κ3) is 4.03. The van der Waals surface area contributed by atoms with E-state index in [1.165, 1.54) is 10.3 Å². The van der Waals surface area contributed by atoms with Crippen LogP contribution in [0.2, 0.25) is 0 Å². The van der Waals surface area contributed by atoms with E-state index in [1.807, 2.05) is 18.3 Å². The average Bonchev–Trinajstić information content (AvgIpc) is 2.94. The SMILES string of the molecule is C[C@H](NC(=O)N(C)CCn1ccc2ccccc21)C(=O)N(C)C. The van der Waals surface area contributed by atoms with Gasteiger partial charge in [-0.1, -0.05) is 18.2 Å². The predicted octanol–water partition coefficient (Wildman–Crippen LogP) is 1.76. The number of benzene rings is 1. The molecule has 1 N–H and O–H groups in total. The predicted molar refractivity (Wildman–Crippen MR) is 91.3 cm³/mol. The Morgan fingerprint density at radius 3 is 2.57 bits per heavy atom. The molecule has 2 aromatic rings. The molecule has 2 rings (SSSR count). The molecule has 0 radical (unpaired) electrons. The minimum absolute atomic E-state index is 0.122. The highest BCUT2D eigenvalue weighted by Crippen LogP contribution is 2.14. The Kier molecular flexibility index (Phi) is 5.26. The molecule has 1 aromatic carbocycles. The minimum Gasteiger partial charge on any atom is -0.347 e. The Labute approximate surface area is 136 Å². The van der Waals surface area contributed by atoms with Gasteiger partial charge in [0.2, 0.25) is 5.91 Å². The molecule has 0 fully saturated rings. The Morgan fingerprint density at radius 2 is 1.87 bits per heavy atom. The first-order valence-electron chi connectivity index (χ1n) is 7.67. The fourth-order valence-electron chi connectivity index (χ4n) is 2.44. The first kappa shape index (κ1) is 16.9. The molecule has 1 atom stereocenters. The van der Waals surface area contributed by atoms with Gasteiger partial charge >= 0.3 is 6.03 Å². The number of nitrogens with one attached hydrogen (secondary N) is 1. The fraction of sp³-hybridized carbons (Fsp3) is 0.412. The normalized spacial score (nSPS) is 12.0. The van der Waals surface area contributed by atoms with Gasteiger partial charge in [0.15, 0.2) is 0 Å². The maximum atomic E-state index is 12.1. The lowest BCUT2D eigenvalue weighted by atomic mass is 10.2. The Bertz CT molecular complexity index is 693. The molecule has 0 saturated carbocycles. The molecule has 6 nitrogen and oxygen atoms in total. The monoisotopic (exact) mass is 316 g/mol. The van der Waals surface area contributed by atoms with E-state index in [2.05, 4.69) is 28.1 Å². The summed E-state index contributed by atoms with van der Waals surface area (Å²) in [7, 11) is 5.07. The Hall–Kier alpha value is -2.50. The van der Waals surface area contributed by atoms with Gasteiger partial charge in [-0.05, 0) is 24.4 Å². The molecule has 3 amide bonds. The number of rotatable bonds is 5. The number of hydrogen-bond donors (Lipinski definition) is 1. The molecule has 1 aromatic heterocycles. The number of aromatic nitrogens is 1. The molecule has 6 heteroatoms. The third-order valence-corrected chi connectivity index (χ3v) is 3.85. The zero-order valence-corrected chi connectivity index (χ0v) is 14.1. The summed E-state index contributed by atoms with van der Waals surface area (Å²) in [6.45, 7) is 2.95. The second-order valence-electron chi connectivity index (χ2n) is 5.89. The summed E-state index contributed by atoms with van der Waals surface area (Å²) < 4.78 is 2.12. The van der Waals surface area contributed by atoms with E-state index >= 15 is 0 Å². The molecule has 0 unspecified atom stereocenters. The third-order valence-electron chi connectivity index (χ3n) is 3.85. The van der Waals surface area contributed by atoms with Crippen molar-refractivity contribution >= 4 is 22.8 Å². The largest absolute Gasteiger partial charge is 0.347 e. The van der Waals surface area contributed by atoms with Crippen LogP contribution >= 0.6 is 0 Å². The van der Waals surface area contributed by atoms with Crippen molar-refractivity contribution in [3.63, 3.8) is 0 Å². The standard InChI is InChI=1S/C17H24N4O2/c1-13(16(22)19(2)3)18-17(23)20(4)11-12-21-10-9-14-7-5-6-8-15(14)21/h5-10,13H,11-12H2,1-4H3,(H,18,23)/t13-/m0/s1. The molecule has 0 saturated heterocycles. The number of amides is 3. The van der Waals surface area contributed by atoms with Crippen molar-refractivity contribution in [1.29, 1.82) is 0 Å².